The molecule has 1 saturated heterocycles. The van der Waals surface area contributed by atoms with E-state index in [1.54, 1.807) is 6.07 Å². The van der Waals surface area contributed by atoms with Gasteiger partial charge >= 0.3 is 0 Å². The molecule has 2 rings (SSSR count). The maximum Gasteiger partial charge on any atom is 0.0468 e. The highest BCUT2D eigenvalue weighted by Crippen LogP contribution is 2.29. The monoisotopic (exact) mass is 291 g/mol. The molecule has 1 aromatic carbocycles. The predicted molar refractivity (Wildman–Crippen MR) is 74.3 cm³/mol. The summed E-state index contributed by atoms with van der Waals surface area (Å²) in [4.78, 5) is 0. The standard InChI is InChI=1S/C12H15Cl2NOS/c1-2-9-6-17(16)7-12(15-9)10-4-3-8(13)5-11(10)14/h3-5,9,12,15H,2,6-7H2,1H3. The van der Waals surface area contributed by atoms with Crippen LogP contribution >= 0.6 is 23.2 Å². The van der Waals surface area contributed by atoms with Crippen molar-refractivity contribution in [2.75, 3.05) is 11.5 Å². The lowest BCUT2D eigenvalue weighted by molar-refractivity contribution is 0.456. The van der Waals surface area contributed by atoms with E-state index in [4.69, 9.17) is 23.2 Å². The fraction of sp³-hybridized carbons (Fsp3) is 0.500. The van der Waals surface area contributed by atoms with Crippen molar-refractivity contribution in [3.8, 4) is 0 Å². The third kappa shape index (κ3) is 3.22. The van der Waals surface area contributed by atoms with Crippen molar-refractivity contribution in [1.29, 1.82) is 0 Å². The van der Waals surface area contributed by atoms with E-state index in [9.17, 15) is 4.21 Å². The van der Waals surface area contributed by atoms with Crippen LogP contribution in [0.4, 0.5) is 0 Å². The Kier molecular flexibility index (Phi) is 4.47. The third-order valence-corrected chi connectivity index (χ3v) is 5.05. The van der Waals surface area contributed by atoms with Gasteiger partial charge in [0.1, 0.15) is 0 Å². The Bertz CT molecular complexity index is 439. The van der Waals surface area contributed by atoms with Crippen LogP contribution in [0.2, 0.25) is 10.0 Å². The quantitative estimate of drug-likeness (QED) is 0.907. The zero-order valence-electron chi connectivity index (χ0n) is 9.58. The molecule has 94 valence electrons. The molecule has 17 heavy (non-hydrogen) atoms. The highest BCUT2D eigenvalue weighted by molar-refractivity contribution is 7.85. The fourth-order valence-electron chi connectivity index (χ4n) is 2.06. The van der Waals surface area contributed by atoms with Crippen LogP contribution in [0.15, 0.2) is 18.2 Å². The number of rotatable bonds is 2. The summed E-state index contributed by atoms with van der Waals surface area (Å²) in [5.74, 6) is 1.36. The second-order valence-corrected chi connectivity index (χ2v) is 6.65. The molecule has 1 fully saturated rings. The molecular weight excluding hydrogens is 277 g/mol. The van der Waals surface area contributed by atoms with Gasteiger partial charge in [-0.2, -0.15) is 0 Å². The number of hydrogen-bond acceptors (Lipinski definition) is 2. The molecule has 5 heteroatoms. The number of nitrogens with one attached hydrogen (secondary N) is 1. The first-order valence-corrected chi connectivity index (χ1v) is 7.90. The van der Waals surface area contributed by atoms with E-state index in [1.165, 1.54) is 0 Å². The van der Waals surface area contributed by atoms with Gasteiger partial charge in [0.15, 0.2) is 0 Å². The van der Waals surface area contributed by atoms with Crippen molar-refractivity contribution < 1.29 is 4.21 Å². The Balaban J connectivity index is 2.23. The molecule has 0 amide bonds. The highest BCUT2D eigenvalue weighted by atomic mass is 35.5. The molecule has 1 aliphatic rings. The number of hydrogen-bond donors (Lipinski definition) is 1. The molecule has 1 aromatic rings. The van der Waals surface area contributed by atoms with Gasteiger partial charge in [-0.15, -0.1) is 0 Å². The van der Waals surface area contributed by atoms with Crippen LogP contribution < -0.4 is 5.32 Å². The van der Waals surface area contributed by atoms with E-state index in [1.807, 2.05) is 12.1 Å². The van der Waals surface area contributed by atoms with Gasteiger partial charge in [-0.1, -0.05) is 36.2 Å². The molecule has 0 bridgehead atoms. The lowest BCUT2D eigenvalue weighted by atomic mass is 10.1. The highest BCUT2D eigenvalue weighted by Gasteiger charge is 2.26. The summed E-state index contributed by atoms with van der Waals surface area (Å²) in [5, 5.41) is 4.76. The first kappa shape index (κ1) is 13.3. The normalized spacial score (nSPS) is 29.2. The Morgan fingerprint density at radius 2 is 2.18 bits per heavy atom. The summed E-state index contributed by atoms with van der Waals surface area (Å²) in [5.41, 5.74) is 0.988. The number of benzene rings is 1. The molecule has 0 saturated carbocycles. The number of halogens is 2. The Morgan fingerprint density at radius 1 is 1.41 bits per heavy atom. The van der Waals surface area contributed by atoms with Crippen LogP contribution in [0.25, 0.3) is 0 Å². The van der Waals surface area contributed by atoms with Gasteiger partial charge in [-0.05, 0) is 24.1 Å². The molecule has 2 nitrogen and oxygen atoms in total. The lowest BCUT2D eigenvalue weighted by Gasteiger charge is -2.30. The van der Waals surface area contributed by atoms with Gasteiger partial charge in [0.2, 0.25) is 0 Å². The minimum atomic E-state index is -0.768. The van der Waals surface area contributed by atoms with Crippen molar-refractivity contribution >= 4 is 34.0 Å². The van der Waals surface area contributed by atoms with E-state index in [0.29, 0.717) is 21.8 Å². The first-order chi connectivity index (χ1) is 8.10. The van der Waals surface area contributed by atoms with Crippen molar-refractivity contribution in [2.24, 2.45) is 0 Å². The van der Waals surface area contributed by atoms with Crippen LogP contribution in [-0.2, 0) is 10.8 Å². The van der Waals surface area contributed by atoms with Gasteiger partial charge in [-0.3, -0.25) is 4.21 Å². The van der Waals surface area contributed by atoms with Crippen molar-refractivity contribution in [3.05, 3.63) is 33.8 Å². The van der Waals surface area contributed by atoms with Gasteiger partial charge < -0.3 is 5.32 Å². The lowest BCUT2D eigenvalue weighted by Crippen LogP contribution is -2.44. The third-order valence-electron chi connectivity index (χ3n) is 3.01. The van der Waals surface area contributed by atoms with Crippen LogP contribution in [0.3, 0.4) is 0 Å². The minimum absolute atomic E-state index is 0.0688. The van der Waals surface area contributed by atoms with Crippen LogP contribution in [0.5, 0.6) is 0 Å². The maximum absolute atomic E-state index is 11.8. The van der Waals surface area contributed by atoms with Gasteiger partial charge in [0.05, 0.1) is 0 Å². The van der Waals surface area contributed by atoms with E-state index < -0.39 is 10.8 Å². The summed E-state index contributed by atoms with van der Waals surface area (Å²) in [7, 11) is -0.768. The van der Waals surface area contributed by atoms with E-state index in [-0.39, 0.29) is 6.04 Å². The summed E-state index contributed by atoms with van der Waals surface area (Å²) in [6.07, 6.45) is 0.980. The summed E-state index contributed by atoms with van der Waals surface area (Å²) in [6, 6.07) is 5.85. The zero-order valence-corrected chi connectivity index (χ0v) is 11.9. The summed E-state index contributed by atoms with van der Waals surface area (Å²) >= 11 is 12.1. The van der Waals surface area contributed by atoms with Crippen molar-refractivity contribution in [1.82, 2.24) is 5.32 Å². The second-order valence-electron chi connectivity index (χ2n) is 4.26. The largest absolute Gasteiger partial charge is 0.305 e. The van der Waals surface area contributed by atoms with Crippen LogP contribution in [0.1, 0.15) is 24.9 Å². The molecule has 1 aliphatic heterocycles. The summed E-state index contributed by atoms with van der Waals surface area (Å²) < 4.78 is 11.8. The van der Waals surface area contributed by atoms with E-state index in [0.717, 1.165) is 17.7 Å². The minimum Gasteiger partial charge on any atom is -0.305 e. The average molecular weight is 292 g/mol. The molecule has 0 radical (unpaired) electrons. The van der Waals surface area contributed by atoms with E-state index in [2.05, 4.69) is 12.2 Å². The molecule has 0 aromatic heterocycles. The molecule has 0 spiro atoms. The average Bonchev–Trinajstić information content (AvgIpc) is 2.28. The maximum atomic E-state index is 11.8. The molecule has 1 N–H and O–H groups in total. The smallest absolute Gasteiger partial charge is 0.0468 e. The van der Waals surface area contributed by atoms with Crippen molar-refractivity contribution in [2.45, 2.75) is 25.4 Å². The first-order valence-electron chi connectivity index (χ1n) is 5.66. The Labute approximate surface area is 114 Å². The Morgan fingerprint density at radius 3 is 2.82 bits per heavy atom. The van der Waals surface area contributed by atoms with Gasteiger partial charge in [-0.25, -0.2) is 0 Å². The fourth-order valence-corrected chi connectivity index (χ4v) is 4.16. The summed E-state index contributed by atoms with van der Waals surface area (Å²) in [6.45, 7) is 2.10. The predicted octanol–water partition coefficient (Wildman–Crippen LogP) is 3.17. The SMILES string of the molecule is CCC1CS(=O)CC(c2ccc(Cl)cc2Cl)N1. The molecule has 0 aliphatic carbocycles. The molecular formula is C12H15Cl2NOS. The second kappa shape index (κ2) is 5.70. The van der Waals surface area contributed by atoms with Crippen LogP contribution in [0, 0.1) is 0 Å². The van der Waals surface area contributed by atoms with Crippen LogP contribution in [-0.4, -0.2) is 21.8 Å². The topological polar surface area (TPSA) is 29.1 Å². The zero-order chi connectivity index (χ0) is 12.4. The molecule has 1 heterocycles. The van der Waals surface area contributed by atoms with E-state index >= 15 is 0 Å². The molecule has 3 atom stereocenters. The van der Waals surface area contributed by atoms with Gasteiger partial charge in [0, 0.05) is 44.4 Å². The Hall–Kier alpha value is -0.0900. The van der Waals surface area contributed by atoms with Crippen molar-refractivity contribution in [3.63, 3.8) is 0 Å². The molecule has 3 unspecified atom stereocenters. The van der Waals surface area contributed by atoms with Gasteiger partial charge in [0.25, 0.3) is 0 Å².